The Balaban J connectivity index is 2.06. The van der Waals surface area contributed by atoms with Gasteiger partial charge in [-0.25, -0.2) is 0 Å². The van der Waals surface area contributed by atoms with Gasteiger partial charge in [0.25, 0.3) is 0 Å². The molecule has 18 heavy (non-hydrogen) atoms. The van der Waals surface area contributed by atoms with Crippen LogP contribution in [0.25, 0.3) is 0 Å². The van der Waals surface area contributed by atoms with Crippen molar-refractivity contribution in [2.75, 3.05) is 13.6 Å². The van der Waals surface area contributed by atoms with Crippen LogP contribution in [0.3, 0.4) is 0 Å². The fraction of sp³-hybridized carbons (Fsp3) is 0.571. The molecule has 1 N–H and O–H groups in total. The molecule has 0 saturated heterocycles. The van der Waals surface area contributed by atoms with Gasteiger partial charge in [0, 0.05) is 26.1 Å². The Labute approximate surface area is 108 Å². The van der Waals surface area contributed by atoms with E-state index in [0.29, 0.717) is 18.6 Å². The van der Waals surface area contributed by atoms with E-state index in [-0.39, 0.29) is 5.91 Å². The predicted molar refractivity (Wildman–Crippen MR) is 70.2 cm³/mol. The molecular weight excluding hydrogens is 230 g/mol. The number of aliphatic hydroxyl groups excluding tert-OH is 1. The highest BCUT2D eigenvalue weighted by atomic mass is 16.3. The van der Waals surface area contributed by atoms with Crippen LogP contribution in [0, 0.1) is 0 Å². The number of aldehydes is 1. The third kappa shape index (κ3) is 5.66. The molecule has 0 unspecified atom stereocenters. The van der Waals surface area contributed by atoms with Crippen LogP contribution in [-0.4, -0.2) is 35.8 Å². The normalized spacial score (nSPS) is 13.7. The number of allylic oxidation sites excluding steroid dienone is 3. The van der Waals surface area contributed by atoms with Crippen LogP contribution in [0.5, 0.6) is 0 Å². The van der Waals surface area contributed by atoms with E-state index in [0.717, 1.165) is 38.5 Å². The fourth-order valence-electron chi connectivity index (χ4n) is 1.71. The number of carbonyl (C=O) groups is 2. The average Bonchev–Trinajstić information content (AvgIpc) is 3.19. The van der Waals surface area contributed by atoms with Crippen LogP contribution < -0.4 is 0 Å². The first-order chi connectivity index (χ1) is 8.65. The van der Waals surface area contributed by atoms with Crippen LogP contribution in [0.2, 0.25) is 0 Å². The van der Waals surface area contributed by atoms with E-state index in [2.05, 4.69) is 0 Å². The van der Waals surface area contributed by atoms with E-state index >= 15 is 0 Å². The summed E-state index contributed by atoms with van der Waals surface area (Å²) in [7, 11) is 1.72. The van der Waals surface area contributed by atoms with Crippen LogP contribution in [0.1, 0.15) is 38.5 Å². The Kier molecular flexibility index (Phi) is 6.19. The number of aliphatic hydroxyl groups is 1. The van der Waals surface area contributed by atoms with Crippen LogP contribution in [0.15, 0.2) is 23.5 Å². The molecule has 1 fully saturated rings. The lowest BCUT2D eigenvalue weighted by Crippen LogP contribution is -2.25. The zero-order chi connectivity index (χ0) is 13.4. The molecule has 0 aliphatic heterocycles. The maximum atomic E-state index is 11.4. The molecule has 0 heterocycles. The minimum absolute atomic E-state index is 0.148. The molecule has 1 amide bonds. The van der Waals surface area contributed by atoms with Crippen LogP contribution in [-0.2, 0) is 9.59 Å². The highest BCUT2D eigenvalue weighted by Gasteiger charge is 2.16. The van der Waals surface area contributed by atoms with Crippen molar-refractivity contribution in [3.05, 3.63) is 23.5 Å². The number of amides is 1. The van der Waals surface area contributed by atoms with Gasteiger partial charge >= 0.3 is 0 Å². The van der Waals surface area contributed by atoms with Gasteiger partial charge in [0.15, 0.2) is 0 Å². The quantitative estimate of drug-likeness (QED) is 0.312. The summed E-state index contributed by atoms with van der Waals surface area (Å²) in [5, 5.41) is 9.56. The Morgan fingerprint density at radius 2 is 2.06 bits per heavy atom. The van der Waals surface area contributed by atoms with E-state index in [1.807, 2.05) is 0 Å². The molecule has 100 valence electrons. The first-order valence-electron chi connectivity index (χ1n) is 6.42. The van der Waals surface area contributed by atoms with Gasteiger partial charge in [0.2, 0.25) is 5.91 Å². The number of hydrogen-bond acceptors (Lipinski definition) is 3. The molecule has 0 radical (unpaired) electrons. The van der Waals surface area contributed by atoms with Gasteiger partial charge < -0.3 is 10.0 Å². The van der Waals surface area contributed by atoms with Crippen molar-refractivity contribution in [1.29, 1.82) is 0 Å². The van der Waals surface area contributed by atoms with Crippen molar-refractivity contribution in [1.82, 2.24) is 4.90 Å². The summed E-state index contributed by atoms with van der Waals surface area (Å²) < 4.78 is 0. The maximum Gasteiger partial charge on any atom is 0.246 e. The lowest BCUT2D eigenvalue weighted by atomic mass is 10.1. The van der Waals surface area contributed by atoms with Crippen molar-refractivity contribution in [3.8, 4) is 0 Å². The zero-order valence-electron chi connectivity index (χ0n) is 10.9. The van der Waals surface area contributed by atoms with E-state index in [1.165, 1.54) is 17.7 Å². The molecular formula is C14H21NO3. The van der Waals surface area contributed by atoms with Gasteiger partial charge in [0.1, 0.15) is 6.29 Å². The molecule has 0 spiro atoms. The van der Waals surface area contributed by atoms with Gasteiger partial charge in [-0.2, -0.15) is 0 Å². The summed E-state index contributed by atoms with van der Waals surface area (Å²) in [6.07, 6.45) is 8.83. The largest absolute Gasteiger partial charge is 0.512 e. The molecule has 1 saturated carbocycles. The molecule has 4 heteroatoms. The molecule has 1 aliphatic carbocycles. The summed E-state index contributed by atoms with van der Waals surface area (Å²) in [5.41, 5.74) is 1.21. The van der Waals surface area contributed by atoms with Crippen LogP contribution >= 0.6 is 0 Å². The third-order valence-corrected chi connectivity index (χ3v) is 3.01. The molecule has 4 nitrogen and oxygen atoms in total. The molecule has 0 bridgehead atoms. The Hall–Kier alpha value is -1.58. The van der Waals surface area contributed by atoms with E-state index in [4.69, 9.17) is 0 Å². The minimum Gasteiger partial charge on any atom is -0.512 e. The third-order valence-electron chi connectivity index (χ3n) is 3.01. The highest BCUT2D eigenvalue weighted by Crippen LogP contribution is 2.32. The van der Waals surface area contributed by atoms with Crippen molar-refractivity contribution in [2.45, 2.75) is 38.5 Å². The monoisotopic (exact) mass is 251 g/mol. The Morgan fingerprint density at radius 1 is 1.33 bits per heavy atom. The van der Waals surface area contributed by atoms with E-state index < -0.39 is 0 Å². The van der Waals surface area contributed by atoms with Crippen molar-refractivity contribution in [2.24, 2.45) is 0 Å². The summed E-state index contributed by atoms with van der Waals surface area (Å²) in [6.45, 7) is 0.680. The summed E-state index contributed by atoms with van der Waals surface area (Å²) in [6, 6.07) is 0. The molecule has 1 rings (SSSR count). The van der Waals surface area contributed by atoms with Gasteiger partial charge in [0.05, 0.1) is 5.76 Å². The summed E-state index contributed by atoms with van der Waals surface area (Å²) in [4.78, 5) is 23.1. The number of nitrogens with zero attached hydrogens (tertiary/aromatic N) is 1. The Bertz CT molecular complexity index is 352. The zero-order valence-corrected chi connectivity index (χ0v) is 10.9. The Morgan fingerprint density at radius 3 is 2.67 bits per heavy atom. The molecule has 0 aromatic heterocycles. The minimum atomic E-state index is -0.148. The summed E-state index contributed by atoms with van der Waals surface area (Å²) >= 11 is 0. The number of carbonyl (C=O) groups excluding carboxylic acids is 2. The van der Waals surface area contributed by atoms with Crippen molar-refractivity contribution in [3.63, 3.8) is 0 Å². The van der Waals surface area contributed by atoms with Gasteiger partial charge in [-0.3, -0.25) is 9.59 Å². The lowest BCUT2D eigenvalue weighted by molar-refractivity contribution is -0.125. The average molecular weight is 251 g/mol. The lowest BCUT2D eigenvalue weighted by Gasteiger charge is -2.14. The fourth-order valence-corrected chi connectivity index (χ4v) is 1.71. The number of likely N-dealkylation sites (N-methyl/N-ethyl adjacent to an activating group) is 1. The van der Waals surface area contributed by atoms with Gasteiger partial charge in [-0.1, -0.05) is 6.42 Å². The van der Waals surface area contributed by atoms with Crippen molar-refractivity contribution >= 4 is 12.2 Å². The van der Waals surface area contributed by atoms with Crippen molar-refractivity contribution < 1.29 is 14.7 Å². The maximum absolute atomic E-state index is 11.4. The second kappa shape index (κ2) is 7.69. The smallest absolute Gasteiger partial charge is 0.246 e. The number of rotatable bonds is 8. The highest BCUT2D eigenvalue weighted by molar-refractivity contribution is 5.90. The molecule has 0 aromatic rings. The number of hydrogen-bond donors (Lipinski definition) is 1. The van der Waals surface area contributed by atoms with E-state index in [1.54, 1.807) is 11.9 Å². The first-order valence-corrected chi connectivity index (χ1v) is 6.42. The van der Waals surface area contributed by atoms with E-state index in [9.17, 15) is 14.7 Å². The SMILES string of the molecule is CN(CCCCCC(O)=C1CC1)C(=O)/C=C\C=O. The van der Waals surface area contributed by atoms with Crippen LogP contribution in [0.4, 0.5) is 0 Å². The number of unbranched alkanes of at least 4 members (excludes halogenated alkanes) is 2. The van der Waals surface area contributed by atoms with Gasteiger partial charge in [-0.05, 0) is 37.3 Å². The molecule has 0 aromatic carbocycles. The standard InChI is InChI=1S/C14H21NO3/c1-15(14(18)7-5-11-16)10-4-2-3-6-13(17)12-8-9-12/h5,7,11,17H,2-4,6,8-10H2,1H3/b7-5-. The summed E-state index contributed by atoms with van der Waals surface area (Å²) in [5.74, 6) is 0.429. The second-order valence-electron chi connectivity index (χ2n) is 4.62. The van der Waals surface area contributed by atoms with Gasteiger partial charge in [-0.15, -0.1) is 0 Å². The molecule has 0 atom stereocenters. The second-order valence-corrected chi connectivity index (χ2v) is 4.62. The molecule has 1 aliphatic rings. The predicted octanol–water partition coefficient (Wildman–Crippen LogP) is 2.37. The first kappa shape index (κ1) is 14.5. The topological polar surface area (TPSA) is 57.6 Å².